The number of hydrogen-bond donors (Lipinski definition) is 0. The molecule has 1 aromatic carbocycles. The van der Waals surface area contributed by atoms with Gasteiger partial charge in [-0.2, -0.15) is 17.8 Å². The van der Waals surface area contributed by atoms with Crippen LogP contribution in [0.1, 0.15) is 19.5 Å². The van der Waals surface area contributed by atoms with Crippen molar-refractivity contribution in [2.45, 2.75) is 26.1 Å². The van der Waals surface area contributed by atoms with Gasteiger partial charge in [0.25, 0.3) is 5.91 Å². The van der Waals surface area contributed by atoms with E-state index in [4.69, 9.17) is 4.74 Å². The van der Waals surface area contributed by atoms with E-state index in [1.165, 1.54) is 0 Å². The molecule has 0 bridgehead atoms. The van der Waals surface area contributed by atoms with Crippen LogP contribution in [0.25, 0.3) is 10.9 Å². The molecule has 4 aliphatic rings. The van der Waals surface area contributed by atoms with Gasteiger partial charge < -0.3 is 14.5 Å². The van der Waals surface area contributed by atoms with Crippen molar-refractivity contribution >= 4 is 71.5 Å². The van der Waals surface area contributed by atoms with Gasteiger partial charge in [0.2, 0.25) is 0 Å². The zero-order chi connectivity index (χ0) is 27.4. The molecule has 0 N–H and O–H groups in total. The van der Waals surface area contributed by atoms with Gasteiger partial charge in [-0.05, 0) is 32.1 Å². The fourth-order valence-corrected chi connectivity index (χ4v) is 6.75. The van der Waals surface area contributed by atoms with Crippen LogP contribution in [0.5, 0.6) is 5.75 Å². The maximum atomic E-state index is 13.9. The minimum atomic E-state index is -4.58. The number of para-hydroxylation sites is 1. The van der Waals surface area contributed by atoms with Gasteiger partial charge in [-0.15, -0.1) is 54.0 Å². The van der Waals surface area contributed by atoms with Crippen molar-refractivity contribution in [3.8, 4) is 5.75 Å². The molecule has 2 aromatic rings. The number of carbonyl (C=O) groups excluding carboxylic acids is 1. The Morgan fingerprint density at radius 1 is 1.10 bits per heavy atom. The molecule has 4 aliphatic heterocycles. The molecular formula is C28H34Cl3F3N5O2S+. The number of anilines is 1. The first-order valence-corrected chi connectivity index (χ1v) is 14.3. The van der Waals surface area contributed by atoms with Crippen molar-refractivity contribution in [2.24, 2.45) is 0 Å². The number of benzene rings is 1. The molecule has 0 radical (unpaired) electrons. The normalized spacial score (nSPS) is 21.9. The van der Waals surface area contributed by atoms with E-state index in [1.54, 1.807) is 23.9 Å². The van der Waals surface area contributed by atoms with Gasteiger partial charge >= 0.3 is 6.18 Å². The van der Waals surface area contributed by atoms with Crippen molar-refractivity contribution in [1.29, 1.82) is 0 Å². The Labute approximate surface area is 266 Å². The fourth-order valence-electron chi connectivity index (χ4n) is 5.81. The third-order valence-electron chi connectivity index (χ3n) is 7.63. The van der Waals surface area contributed by atoms with Gasteiger partial charge in [0.1, 0.15) is 29.7 Å². The van der Waals surface area contributed by atoms with Gasteiger partial charge in [-0.25, -0.2) is 4.98 Å². The SMILES string of the molecule is CC(C)Oc1cccc2c(N3CCN([N@@+]45C=CC=C4C=C(C(=O)N4CCSC4)C5)CC3)cc(C(F)(F)F)nc12.Cl.Cl.Cl. The van der Waals surface area contributed by atoms with Crippen molar-refractivity contribution < 1.29 is 27.3 Å². The monoisotopic (exact) mass is 666 g/mol. The Hall–Kier alpha value is -2.15. The molecule has 1 aromatic heterocycles. The van der Waals surface area contributed by atoms with Gasteiger partial charge in [0.05, 0.1) is 30.6 Å². The molecule has 6 rings (SSSR count). The van der Waals surface area contributed by atoms with Crippen LogP contribution in [0.15, 0.2) is 60.0 Å². The number of allylic oxidation sites excluding steroid dienone is 3. The van der Waals surface area contributed by atoms with Crippen molar-refractivity contribution in [3.05, 3.63) is 65.7 Å². The lowest BCUT2D eigenvalue weighted by atomic mass is 10.1. The summed E-state index contributed by atoms with van der Waals surface area (Å²) in [7, 11) is 0. The molecule has 0 unspecified atom stereocenters. The summed E-state index contributed by atoms with van der Waals surface area (Å²) in [4.78, 5) is 21.0. The summed E-state index contributed by atoms with van der Waals surface area (Å²) in [6.07, 6.45) is 3.42. The molecule has 230 valence electrons. The topological polar surface area (TPSA) is 48.9 Å². The molecule has 14 heteroatoms. The number of pyridine rings is 1. The summed E-state index contributed by atoms with van der Waals surface area (Å²) in [6, 6.07) is 6.43. The Bertz CT molecular complexity index is 1410. The summed E-state index contributed by atoms with van der Waals surface area (Å²) in [5.41, 5.74) is 1.68. The maximum absolute atomic E-state index is 13.9. The highest BCUT2D eigenvalue weighted by atomic mass is 35.5. The maximum Gasteiger partial charge on any atom is 0.433 e. The number of alkyl halides is 3. The number of hydrogen-bond acceptors (Lipinski definition) is 6. The number of aromatic nitrogens is 1. The van der Waals surface area contributed by atoms with E-state index >= 15 is 0 Å². The van der Waals surface area contributed by atoms with Crippen LogP contribution in [0.4, 0.5) is 18.9 Å². The summed E-state index contributed by atoms with van der Waals surface area (Å²) >= 11 is 1.77. The third-order valence-corrected chi connectivity index (χ3v) is 8.60. The molecule has 1 amide bonds. The lowest BCUT2D eigenvalue weighted by Crippen LogP contribution is -2.60. The molecule has 42 heavy (non-hydrogen) atoms. The quantitative estimate of drug-likeness (QED) is 0.363. The largest absolute Gasteiger partial charge is 0.489 e. The molecule has 1 atom stereocenters. The Morgan fingerprint density at radius 2 is 1.83 bits per heavy atom. The number of halogens is 6. The molecule has 7 nitrogen and oxygen atoms in total. The fraction of sp³-hybridized carbons (Fsp3) is 0.429. The van der Waals surface area contributed by atoms with Crippen molar-refractivity contribution in [1.82, 2.24) is 14.9 Å². The predicted molar refractivity (Wildman–Crippen MR) is 168 cm³/mol. The van der Waals surface area contributed by atoms with E-state index in [0.717, 1.165) is 35.5 Å². The number of carbonyl (C=O) groups is 1. The van der Waals surface area contributed by atoms with Crippen molar-refractivity contribution in [2.75, 3.05) is 55.8 Å². The molecule has 2 saturated heterocycles. The molecule has 5 heterocycles. The highest BCUT2D eigenvalue weighted by Crippen LogP contribution is 2.41. The van der Waals surface area contributed by atoms with E-state index in [2.05, 4.69) is 16.2 Å². The Kier molecular flexibility index (Phi) is 10.8. The average molecular weight is 668 g/mol. The lowest BCUT2D eigenvalue weighted by Gasteiger charge is -2.44. The molecule has 0 saturated carbocycles. The van der Waals surface area contributed by atoms with Crippen LogP contribution in [0, 0.1) is 0 Å². The highest BCUT2D eigenvalue weighted by Gasteiger charge is 2.48. The number of nitrogens with zero attached hydrogens (tertiary/aromatic N) is 5. The number of fused-ring (bicyclic) bond motifs is 2. The predicted octanol–water partition coefficient (Wildman–Crippen LogP) is 6.04. The van der Waals surface area contributed by atoms with E-state index in [1.807, 2.05) is 47.9 Å². The molecule has 2 fully saturated rings. The smallest absolute Gasteiger partial charge is 0.433 e. The summed E-state index contributed by atoms with van der Waals surface area (Å²) < 4.78 is 48.0. The van der Waals surface area contributed by atoms with Gasteiger partial charge in [0, 0.05) is 48.6 Å². The van der Waals surface area contributed by atoms with Crippen LogP contribution >= 0.6 is 49.0 Å². The first-order chi connectivity index (χ1) is 18.7. The minimum Gasteiger partial charge on any atom is -0.489 e. The first kappa shape index (κ1) is 34.3. The zero-order valence-corrected chi connectivity index (χ0v) is 26.4. The lowest BCUT2D eigenvalue weighted by molar-refractivity contribution is -0.948. The number of ether oxygens (including phenoxy) is 1. The van der Waals surface area contributed by atoms with E-state index in [9.17, 15) is 18.0 Å². The second-order valence-corrected chi connectivity index (χ2v) is 11.6. The number of quaternary nitrogens is 1. The van der Waals surface area contributed by atoms with Crippen LogP contribution in [0.2, 0.25) is 0 Å². The van der Waals surface area contributed by atoms with Gasteiger partial charge in [-0.3, -0.25) is 4.79 Å². The molecule has 0 aliphatic carbocycles. The molecule has 0 spiro atoms. The first-order valence-electron chi connectivity index (χ1n) is 13.2. The minimum absolute atomic E-state index is 0. The van der Waals surface area contributed by atoms with Crippen molar-refractivity contribution in [3.63, 3.8) is 0 Å². The van der Waals surface area contributed by atoms with Crippen LogP contribution in [-0.4, -0.2) is 82.4 Å². The second-order valence-electron chi connectivity index (χ2n) is 10.5. The van der Waals surface area contributed by atoms with E-state index in [-0.39, 0.29) is 54.7 Å². The summed E-state index contributed by atoms with van der Waals surface area (Å²) in [5.74, 6) is 2.14. The summed E-state index contributed by atoms with van der Waals surface area (Å²) in [5, 5.41) is 2.95. The Balaban J connectivity index is 0.00000161. The van der Waals surface area contributed by atoms with Gasteiger partial charge in [0.15, 0.2) is 5.70 Å². The number of amides is 1. The summed E-state index contributed by atoms with van der Waals surface area (Å²) in [6.45, 7) is 7.36. The standard InChI is InChI=1S/C28H31F3N5O2S.3ClH/c1-19(2)38-24-7-3-6-22-23(16-25(28(29,30)31)32-26(22)24)33-8-10-35(11-9-33)36-13-4-5-21(36)15-20(17-36)27(37)34-12-14-39-18-34;;;/h3-7,13,15-16,19H,8-12,14,17-18H2,1-2H3;3*1H/q+1;;;/t36-;;;/m1.../s1. The number of rotatable bonds is 5. The van der Waals surface area contributed by atoms with Crippen LogP contribution < -0.4 is 9.64 Å². The average Bonchev–Trinajstić information content (AvgIpc) is 3.64. The number of piperazine rings is 1. The van der Waals surface area contributed by atoms with Gasteiger partial charge in [-0.1, -0.05) is 12.1 Å². The molecular weight excluding hydrogens is 634 g/mol. The highest BCUT2D eigenvalue weighted by molar-refractivity contribution is 7.99. The third kappa shape index (κ3) is 6.23. The number of thioether (sulfide) groups is 1. The van der Waals surface area contributed by atoms with E-state index in [0.29, 0.717) is 54.1 Å². The zero-order valence-electron chi connectivity index (χ0n) is 23.2. The van der Waals surface area contributed by atoms with Crippen LogP contribution in [-0.2, 0) is 11.0 Å². The van der Waals surface area contributed by atoms with E-state index < -0.39 is 11.9 Å². The second kappa shape index (κ2) is 13.2. The Morgan fingerprint density at radius 3 is 2.48 bits per heavy atom. The van der Waals surface area contributed by atoms with Crippen LogP contribution in [0.3, 0.4) is 0 Å².